The van der Waals surface area contributed by atoms with Crippen molar-refractivity contribution in [3.8, 4) is 0 Å². The van der Waals surface area contributed by atoms with Crippen LogP contribution in [0.2, 0.25) is 0 Å². The van der Waals surface area contributed by atoms with E-state index in [9.17, 15) is 18.0 Å². The maximum atomic E-state index is 12.0. The van der Waals surface area contributed by atoms with E-state index in [-0.39, 0.29) is 16.1 Å². The number of anilines is 1. The number of fused-ring (bicyclic) bond motifs is 1. The van der Waals surface area contributed by atoms with E-state index in [1.54, 1.807) is 19.2 Å². The van der Waals surface area contributed by atoms with Gasteiger partial charge in [-0.1, -0.05) is 0 Å². The zero-order valence-electron chi connectivity index (χ0n) is 13.4. The van der Waals surface area contributed by atoms with Crippen LogP contribution in [0.15, 0.2) is 38.8 Å². The van der Waals surface area contributed by atoms with Crippen molar-refractivity contribution in [1.82, 2.24) is 9.13 Å². The molecule has 0 saturated heterocycles. The Kier molecular flexibility index (Phi) is 3.84. The summed E-state index contributed by atoms with van der Waals surface area (Å²) < 4.78 is 25.4. The average Bonchev–Trinajstić information content (AvgIpc) is 2.92. The Hall–Kier alpha value is -2.39. The summed E-state index contributed by atoms with van der Waals surface area (Å²) in [4.78, 5) is 25.9. The van der Waals surface area contributed by atoms with Crippen molar-refractivity contribution in [3.05, 3.63) is 56.4 Å². The number of nitrogens with zero attached hydrogens (tertiary/aromatic N) is 3. The van der Waals surface area contributed by atoms with Crippen LogP contribution in [-0.2, 0) is 37.1 Å². The number of rotatable bonds is 3. The number of aromatic nitrogens is 2. The van der Waals surface area contributed by atoms with Gasteiger partial charge >= 0.3 is 5.69 Å². The summed E-state index contributed by atoms with van der Waals surface area (Å²) in [6, 6.07) is 6.20. The minimum Gasteiger partial charge on any atom is -0.365 e. The summed E-state index contributed by atoms with van der Waals surface area (Å²) in [5.41, 5.74) is 1.65. The van der Waals surface area contributed by atoms with E-state index in [0.717, 1.165) is 15.8 Å². The standard InChI is InChI=1S/C15H18N4O4S/c1-17-11(8-14(20)18(2)15(17)21)9-19-6-5-10-7-12(24(16,22)23)3-4-13(10)19/h3-4,7-8H,5-6,9H2,1-2H3,(H2,16,22,23). The highest BCUT2D eigenvalue weighted by Gasteiger charge is 2.22. The van der Waals surface area contributed by atoms with Crippen molar-refractivity contribution in [2.45, 2.75) is 17.9 Å². The van der Waals surface area contributed by atoms with Crippen molar-refractivity contribution >= 4 is 15.7 Å². The monoisotopic (exact) mass is 350 g/mol. The maximum absolute atomic E-state index is 12.0. The molecule has 8 nitrogen and oxygen atoms in total. The molecule has 0 fully saturated rings. The van der Waals surface area contributed by atoms with Crippen LogP contribution in [0.25, 0.3) is 0 Å². The molecule has 0 spiro atoms. The molecule has 2 aromatic rings. The summed E-state index contributed by atoms with van der Waals surface area (Å²) >= 11 is 0. The second-order valence-corrected chi connectivity index (χ2v) is 7.44. The van der Waals surface area contributed by atoms with Gasteiger partial charge in [-0.15, -0.1) is 0 Å². The number of benzene rings is 1. The summed E-state index contributed by atoms with van der Waals surface area (Å²) in [7, 11) is -0.669. The molecule has 0 atom stereocenters. The van der Waals surface area contributed by atoms with E-state index in [4.69, 9.17) is 5.14 Å². The zero-order chi connectivity index (χ0) is 17.6. The SMILES string of the molecule is Cn1c(CN2CCc3cc(S(N)(=O)=O)ccc32)cc(=O)n(C)c1=O. The Balaban J connectivity index is 1.97. The highest BCUT2D eigenvalue weighted by atomic mass is 32.2. The predicted octanol–water partition coefficient (Wildman–Crippen LogP) is -0.706. The predicted molar refractivity (Wildman–Crippen MR) is 89.5 cm³/mol. The van der Waals surface area contributed by atoms with Gasteiger partial charge in [-0.05, 0) is 30.2 Å². The lowest BCUT2D eigenvalue weighted by molar-refractivity contribution is 0.597. The molecule has 9 heteroatoms. The quantitative estimate of drug-likeness (QED) is 0.787. The van der Waals surface area contributed by atoms with Crippen molar-refractivity contribution in [3.63, 3.8) is 0 Å². The Labute approximate surface area is 138 Å². The lowest BCUT2D eigenvalue weighted by Crippen LogP contribution is -2.39. The molecule has 0 radical (unpaired) electrons. The minimum atomic E-state index is -3.73. The molecular weight excluding hydrogens is 332 g/mol. The molecule has 0 amide bonds. The molecule has 0 saturated carbocycles. The van der Waals surface area contributed by atoms with Crippen molar-refractivity contribution < 1.29 is 8.42 Å². The number of nitrogens with two attached hydrogens (primary N) is 1. The van der Waals surface area contributed by atoms with Crippen LogP contribution < -0.4 is 21.3 Å². The first-order valence-electron chi connectivity index (χ1n) is 7.35. The largest absolute Gasteiger partial charge is 0.365 e. The smallest absolute Gasteiger partial charge is 0.330 e. The van der Waals surface area contributed by atoms with Crippen LogP contribution in [0.4, 0.5) is 5.69 Å². The third kappa shape index (κ3) is 2.76. The van der Waals surface area contributed by atoms with Crippen LogP contribution in [-0.4, -0.2) is 24.1 Å². The molecule has 3 rings (SSSR count). The molecule has 1 aliphatic heterocycles. The van der Waals surface area contributed by atoms with Crippen molar-refractivity contribution in [2.75, 3.05) is 11.4 Å². The topological polar surface area (TPSA) is 107 Å². The fourth-order valence-corrected chi connectivity index (χ4v) is 3.48. The van der Waals surface area contributed by atoms with Gasteiger partial charge in [0, 0.05) is 38.1 Å². The van der Waals surface area contributed by atoms with Crippen LogP contribution in [0.1, 0.15) is 11.3 Å². The third-order valence-electron chi connectivity index (χ3n) is 4.35. The lowest BCUT2D eigenvalue weighted by atomic mass is 10.2. The molecule has 128 valence electrons. The van der Waals surface area contributed by atoms with Gasteiger partial charge in [-0.2, -0.15) is 0 Å². The van der Waals surface area contributed by atoms with Gasteiger partial charge in [0.1, 0.15) is 0 Å². The van der Waals surface area contributed by atoms with Gasteiger partial charge in [0.05, 0.1) is 11.4 Å². The summed E-state index contributed by atoms with van der Waals surface area (Å²) in [6.45, 7) is 1.07. The Morgan fingerprint density at radius 2 is 1.83 bits per heavy atom. The number of hydrogen-bond donors (Lipinski definition) is 1. The second-order valence-electron chi connectivity index (χ2n) is 5.88. The molecule has 0 unspecified atom stereocenters. The van der Waals surface area contributed by atoms with Gasteiger partial charge < -0.3 is 4.90 Å². The van der Waals surface area contributed by atoms with E-state index in [1.807, 2.05) is 4.90 Å². The number of primary sulfonamides is 1. The van der Waals surface area contributed by atoms with Crippen LogP contribution >= 0.6 is 0 Å². The van der Waals surface area contributed by atoms with Crippen LogP contribution in [0, 0.1) is 0 Å². The highest BCUT2D eigenvalue weighted by Crippen LogP contribution is 2.30. The minimum absolute atomic E-state index is 0.0871. The van der Waals surface area contributed by atoms with Gasteiger partial charge in [-0.25, -0.2) is 18.4 Å². The number of hydrogen-bond acceptors (Lipinski definition) is 5. The van der Waals surface area contributed by atoms with Crippen molar-refractivity contribution in [1.29, 1.82) is 0 Å². The second kappa shape index (κ2) is 5.60. The molecule has 1 aromatic heterocycles. The zero-order valence-corrected chi connectivity index (χ0v) is 14.2. The van der Waals surface area contributed by atoms with Gasteiger partial charge in [-0.3, -0.25) is 13.9 Å². The summed E-state index contributed by atoms with van der Waals surface area (Å²) in [6.07, 6.45) is 0.678. The Morgan fingerprint density at radius 1 is 1.12 bits per heavy atom. The molecule has 0 bridgehead atoms. The molecule has 24 heavy (non-hydrogen) atoms. The molecule has 2 heterocycles. The first-order valence-corrected chi connectivity index (χ1v) is 8.90. The van der Waals surface area contributed by atoms with Gasteiger partial charge in [0.2, 0.25) is 10.0 Å². The Morgan fingerprint density at radius 3 is 2.50 bits per heavy atom. The van der Waals surface area contributed by atoms with Crippen molar-refractivity contribution in [2.24, 2.45) is 19.2 Å². The van der Waals surface area contributed by atoms with E-state index in [1.165, 1.54) is 23.7 Å². The van der Waals surface area contributed by atoms with E-state index in [0.29, 0.717) is 25.2 Å². The molecule has 1 aliphatic rings. The van der Waals surface area contributed by atoms with Crippen LogP contribution in [0.5, 0.6) is 0 Å². The molecular formula is C15H18N4O4S. The average molecular weight is 350 g/mol. The Bertz CT molecular complexity index is 1040. The lowest BCUT2D eigenvalue weighted by Gasteiger charge is -2.21. The fraction of sp³-hybridized carbons (Fsp3) is 0.333. The maximum Gasteiger partial charge on any atom is 0.330 e. The summed E-state index contributed by atoms with van der Waals surface area (Å²) in [5, 5.41) is 5.16. The molecule has 2 N–H and O–H groups in total. The first kappa shape index (κ1) is 16.5. The first-order chi connectivity index (χ1) is 11.2. The van der Waals surface area contributed by atoms with Gasteiger partial charge in [0.25, 0.3) is 5.56 Å². The van der Waals surface area contributed by atoms with E-state index < -0.39 is 10.0 Å². The molecule has 1 aromatic carbocycles. The third-order valence-corrected chi connectivity index (χ3v) is 5.26. The van der Waals surface area contributed by atoms with E-state index in [2.05, 4.69) is 0 Å². The summed E-state index contributed by atoms with van der Waals surface area (Å²) in [5.74, 6) is 0. The fourth-order valence-electron chi connectivity index (χ4n) is 2.91. The number of sulfonamides is 1. The molecule has 0 aliphatic carbocycles. The normalized spacial score (nSPS) is 14.0. The highest BCUT2D eigenvalue weighted by molar-refractivity contribution is 7.89. The van der Waals surface area contributed by atoms with Crippen LogP contribution in [0.3, 0.4) is 0 Å². The van der Waals surface area contributed by atoms with E-state index >= 15 is 0 Å². The van der Waals surface area contributed by atoms with Gasteiger partial charge in [0.15, 0.2) is 0 Å².